The van der Waals surface area contributed by atoms with Gasteiger partial charge in [-0.1, -0.05) is 12.1 Å². The molecule has 1 heterocycles. The fraction of sp³-hybridized carbons (Fsp3) is 0.308. The Hall–Kier alpha value is -2.58. The second-order valence-corrected chi connectivity index (χ2v) is 4.57. The first-order chi connectivity index (χ1) is 10.3. The predicted octanol–water partition coefficient (Wildman–Crippen LogP) is 0.758. The monoisotopic (exact) mass is 315 g/mol. The highest BCUT2D eigenvalue weighted by molar-refractivity contribution is 5.78. The summed E-state index contributed by atoms with van der Waals surface area (Å²) in [5, 5.41) is 1.98. The van der Waals surface area contributed by atoms with Crippen LogP contribution in [-0.2, 0) is 11.3 Å². The van der Waals surface area contributed by atoms with Crippen molar-refractivity contribution in [1.82, 2.24) is 14.9 Å². The third-order valence-corrected chi connectivity index (χ3v) is 2.95. The molecule has 2 N–H and O–H groups in total. The van der Waals surface area contributed by atoms with Crippen molar-refractivity contribution in [3.63, 3.8) is 0 Å². The van der Waals surface area contributed by atoms with Gasteiger partial charge in [0.15, 0.2) is 0 Å². The number of H-pyrrole nitrogens is 1. The van der Waals surface area contributed by atoms with Crippen molar-refractivity contribution in [2.45, 2.75) is 19.1 Å². The van der Waals surface area contributed by atoms with E-state index in [1.165, 1.54) is 12.1 Å². The third-order valence-electron chi connectivity index (χ3n) is 2.95. The molecule has 0 saturated heterocycles. The molecule has 2 aromatic rings. The van der Waals surface area contributed by atoms with Gasteiger partial charge in [-0.25, -0.2) is 4.79 Å². The topological polar surface area (TPSA) is 84.0 Å². The number of carbonyl (C=O) groups is 1. The second-order valence-electron chi connectivity index (χ2n) is 4.57. The van der Waals surface area contributed by atoms with Crippen LogP contribution in [0.5, 0.6) is 0 Å². The van der Waals surface area contributed by atoms with Crippen molar-refractivity contribution < 1.29 is 18.0 Å². The van der Waals surface area contributed by atoms with Crippen LogP contribution in [0.3, 0.4) is 0 Å². The van der Waals surface area contributed by atoms with E-state index in [-0.39, 0.29) is 18.4 Å². The zero-order valence-electron chi connectivity index (χ0n) is 11.2. The molecule has 0 radical (unpaired) electrons. The summed E-state index contributed by atoms with van der Waals surface area (Å²) in [5.41, 5.74) is -0.953. The van der Waals surface area contributed by atoms with E-state index in [9.17, 15) is 27.6 Å². The lowest BCUT2D eigenvalue weighted by atomic mass is 10.2. The Bertz CT molecular complexity index is 808. The largest absolute Gasteiger partial charge is 0.405 e. The minimum Gasteiger partial charge on any atom is -0.347 e. The molecule has 0 spiro atoms. The van der Waals surface area contributed by atoms with Crippen LogP contribution in [0.2, 0.25) is 0 Å². The molecule has 0 fully saturated rings. The molecular formula is C13H12F3N3O3. The highest BCUT2D eigenvalue weighted by Gasteiger charge is 2.27. The average Bonchev–Trinajstić information content (AvgIpc) is 2.44. The summed E-state index contributed by atoms with van der Waals surface area (Å²) in [5.74, 6) is -0.834. The van der Waals surface area contributed by atoms with Crippen molar-refractivity contribution in [2.24, 2.45) is 0 Å². The molecule has 0 bridgehead atoms. The molecule has 1 amide bonds. The van der Waals surface area contributed by atoms with Gasteiger partial charge >= 0.3 is 11.9 Å². The summed E-state index contributed by atoms with van der Waals surface area (Å²) in [6.45, 7) is -1.56. The number of hydrogen-bond donors (Lipinski definition) is 2. The van der Waals surface area contributed by atoms with Gasteiger partial charge in [0.2, 0.25) is 5.91 Å². The fourth-order valence-corrected chi connectivity index (χ4v) is 1.96. The number of aromatic amines is 1. The first-order valence-electron chi connectivity index (χ1n) is 6.33. The predicted molar refractivity (Wildman–Crippen MR) is 72.5 cm³/mol. The molecule has 1 aromatic carbocycles. The van der Waals surface area contributed by atoms with Gasteiger partial charge in [0.1, 0.15) is 6.54 Å². The minimum absolute atomic E-state index is 0.139. The number of amides is 1. The number of fused-ring (bicyclic) bond motifs is 1. The van der Waals surface area contributed by atoms with Crippen LogP contribution in [-0.4, -0.2) is 28.2 Å². The summed E-state index contributed by atoms with van der Waals surface area (Å²) in [4.78, 5) is 36.9. The molecule has 0 aliphatic carbocycles. The smallest absolute Gasteiger partial charge is 0.347 e. The van der Waals surface area contributed by atoms with Gasteiger partial charge in [-0.15, -0.1) is 0 Å². The Labute approximate surface area is 121 Å². The molecule has 0 aliphatic rings. The Balaban J connectivity index is 2.17. The van der Waals surface area contributed by atoms with Crippen LogP contribution in [0, 0.1) is 0 Å². The highest BCUT2D eigenvalue weighted by Crippen LogP contribution is 2.12. The van der Waals surface area contributed by atoms with E-state index < -0.39 is 29.9 Å². The van der Waals surface area contributed by atoms with Gasteiger partial charge in [-0.3, -0.25) is 19.1 Å². The number of para-hydroxylation sites is 1. The Morgan fingerprint density at radius 2 is 1.91 bits per heavy atom. The molecule has 0 aliphatic heterocycles. The Kier molecular flexibility index (Phi) is 4.34. The summed E-state index contributed by atoms with van der Waals surface area (Å²) >= 11 is 0. The zero-order chi connectivity index (χ0) is 16.3. The van der Waals surface area contributed by atoms with Gasteiger partial charge in [-0.05, 0) is 12.1 Å². The number of benzene rings is 1. The quantitative estimate of drug-likeness (QED) is 0.873. The second kappa shape index (κ2) is 6.04. The van der Waals surface area contributed by atoms with E-state index >= 15 is 0 Å². The number of halogens is 3. The lowest BCUT2D eigenvalue weighted by Crippen LogP contribution is -2.36. The first-order valence-corrected chi connectivity index (χ1v) is 6.33. The molecule has 0 atom stereocenters. The van der Waals surface area contributed by atoms with Gasteiger partial charge in [-0.2, -0.15) is 13.2 Å². The number of hydrogen-bond acceptors (Lipinski definition) is 3. The highest BCUT2D eigenvalue weighted by atomic mass is 19.4. The molecule has 9 heteroatoms. The van der Waals surface area contributed by atoms with Crippen molar-refractivity contribution in [3.8, 4) is 0 Å². The van der Waals surface area contributed by atoms with Crippen molar-refractivity contribution in [1.29, 1.82) is 0 Å². The van der Waals surface area contributed by atoms with E-state index in [0.29, 0.717) is 5.52 Å². The summed E-state index contributed by atoms with van der Waals surface area (Å²) < 4.78 is 37.1. The molecular weight excluding hydrogens is 303 g/mol. The minimum atomic E-state index is -4.49. The molecule has 118 valence electrons. The van der Waals surface area contributed by atoms with E-state index in [1.54, 1.807) is 17.4 Å². The van der Waals surface area contributed by atoms with Crippen LogP contribution in [0.1, 0.15) is 6.42 Å². The Morgan fingerprint density at radius 3 is 2.59 bits per heavy atom. The molecule has 2 rings (SSSR count). The zero-order valence-corrected chi connectivity index (χ0v) is 11.2. The summed E-state index contributed by atoms with van der Waals surface area (Å²) in [6, 6.07) is 6.26. The van der Waals surface area contributed by atoms with Crippen LogP contribution in [0.4, 0.5) is 13.2 Å². The maximum absolute atomic E-state index is 12.0. The van der Waals surface area contributed by atoms with Crippen LogP contribution >= 0.6 is 0 Å². The number of alkyl halides is 3. The normalized spacial score (nSPS) is 11.6. The van der Waals surface area contributed by atoms with Crippen LogP contribution in [0.25, 0.3) is 10.9 Å². The number of carbonyl (C=O) groups excluding carboxylic acids is 1. The SMILES string of the molecule is O=C(CCn1c(=O)[nH]c(=O)c2ccccc21)NCC(F)(F)F. The Morgan fingerprint density at radius 1 is 1.23 bits per heavy atom. The van der Waals surface area contributed by atoms with Gasteiger partial charge in [0.25, 0.3) is 5.56 Å². The molecule has 6 nitrogen and oxygen atoms in total. The van der Waals surface area contributed by atoms with E-state index in [4.69, 9.17) is 0 Å². The van der Waals surface area contributed by atoms with E-state index in [1.807, 2.05) is 0 Å². The van der Waals surface area contributed by atoms with Crippen LogP contribution in [0.15, 0.2) is 33.9 Å². The van der Waals surface area contributed by atoms with Crippen molar-refractivity contribution in [3.05, 3.63) is 45.1 Å². The lowest BCUT2D eigenvalue weighted by Gasteiger charge is -2.10. The maximum atomic E-state index is 12.0. The van der Waals surface area contributed by atoms with Gasteiger partial charge in [0, 0.05) is 13.0 Å². The van der Waals surface area contributed by atoms with Crippen molar-refractivity contribution >= 4 is 16.8 Å². The molecule has 0 unspecified atom stereocenters. The number of nitrogens with zero attached hydrogens (tertiary/aromatic N) is 1. The maximum Gasteiger partial charge on any atom is 0.405 e. The average molecular weight is 315 g/mol. The van der Waals surface area contributed by atoms with E-state index in [2.05, 4.69) is 4.98 Å². The lowest BCUT2D eigenvalue weighted by molar-refractivity contribution is -0.138. The van der Waals surface area contributed by atoms with E-state index in [0.717, 1.165) is 4.57 Å². The van der Waals surface area contributed by atoms with Gasteiger partial charge in [0.05, 0.1) is 10.9 Å². The fourth-order valence-electron chi connectivity index (χ4n) is 1.96. The van der Waals surface area contributed by atoms with Crippen LogP contribution < -0.4 is 16.6 Å². The number of rotatable bonds is 4. The standard InChI is InChI=1S/C13H12F3N3O3/c14-13(15,16)7-17-10(20)5-6-19-9-4-2-1-3-8(9)11(21)18-12(19)22/h1-4H,5-7H2,(H,17,20)(H,18,21,22). The summed E-state index contributed by atoms with van der Waals surface area (Å²) in [7, 11) is 0. The summed E-state index contributed by atoms with van der Waals surface area (Å²) in [6.07, 6.45) is -4.80. The first kappa shape index (κ1) is 15.8. The molecule has 0 saturated carbocycles. The van der Waals surface area contributed by atoms with Crippen molar-refractivity contribution in [2.75, 3.05) is 6.54 Å². The number of aromatic nitrogens is 2. The number of aryl methyl sites for hydroxylation is 1. The third kappa shape index (κ3) is 3.74. The van der Waals surface area contributed by atoms with Gasteiger partial charge < -0.3 is 5.32 Å². The molecule has 1 aromatic heterocycles. The molecule has 22 heavy (non-hydrogen) atoms. The number of nitrogens with one attached hydrogen (secondary N) is 2.